The number of ether oxygens (including phenoxy) is 2. The van der Waals surface area contributed by atoms with Crippen molar-refractivity contribution in [3.8, 4) is 5.75 Å². The number of nitro groups is 1. The van der Waals surface area contributed by atoms with E-state index in [1.807, 2.05) is 27.9 Å². The van der Waals surface area contributed by atoms with Gasteiger partial charge in [-0.3, -0.25) is 24.6 Å². The highest BCUT2D eigenvalue weighted by Gasteiger charge is 2.24. The van der Waals surface area contributed by atoms with Crippen molar-refractivity contribution in [2.24, 2.45) is 5.92 Å². The van der Waals surface area contributed by atoms with Crippen molar-refractivity contribution < 1.29 is 28.8 Å². The summed E-state index contributed by atoms with van der Waals surface area (Å²) in [6, 6.07) is 11.3. The van der Waals surface area contributed by atoms with E-state index in [-0.39, 0.29) is 48.4 Å². The van der Waals surface area contributed by atoms with Crippen LogP contribution in [0.3, 0.4) is 0 Å². The van der Waals surface area contributed by atoms with E-state index in [9.17, 15) is 24.5 Å². The lowest BCUT2D eigenvalue weighted by atomic mass is 10.0. The van der Waals surface area contributed by atoms with Crippen molar-refractivity contribution >= 4 is 29.3 Å². The van der Waals surface area contributed by atoms with Gasteiger partial charge in [0.05, 0.1) is 17.5 Å². The molecule has 1 atom stereocenters. The van der Waals surface area contributed by atoms with Crippen LogP contribution in [0.15, 0.2) is 48.5 Å². The van der Waals surface area contributed by atoms with Crippen molar-refractivity contribution in [2.45, 2.75) is 26.5 Å². The summed E-state index contributed by atoms with van der Waals surface area (Å²) < 4.78 is 9.98. The molecule has 2 amide bonds. The minimum Gasteiger partial charge on any atom is -0.429 e. The van der Waals surface area contributed by atoms with Crippen LogP contribution >= 0.6 is 0 Å². The van der Waals surface area contributed by atoms with Gasteiger partial charge >= 0.3 is 6.16 Å². The van der Waals surface area contributed by atoms with Gasteiger partial charge in [0.25, 0.3) is 5.69 Å². The van der Waals surface area contributed by atoms with Gasteiger partial charge in [-0.15, -0.1) is 0 Å². The average molecular weight is 472 g/mol. The molecule has 2 aromatic carbocycles. The molecule has 2 rings (SSSR count). The zero-order valence-corrected chi connectivity index (χ0v) is 19.4. The average Bonchev–Trinajstić information content (AvgIpc) is 2.77. The quantitative estimate of drug-likeness (QED) is 0.233. The first-order valence-electron chi connectivity index (χ1n) is 10.5. The summed E-state index contributed by atoms with van der Waals surface area (Å²) in [5.41, 5.74) is 1.05. The Hall–Kier alpha value is -3.99. The summed E-state index contributed by atoms with van der Waals surface area (Å²) in [5.74, 6) is -0.376. The van der Waals surface area contributed by atoms with E-state index in [4.69, 9.17) is 9.47 Å². The zero-order chi connectivity index (χ0) is 25.3. The Bertz CT molecular complexity index is 997. The van der Waals surface area contributed by atoms with E-state index < -0.39 is 11.1 Å². The highest BCUT2D eigenvalue weighted by atomic mass is 16.7. The third-order valence-electron chi connectivity index (χ3n) is 4.72. The van der Waals surface area contributed by atoms with Crippen molar-refractivity contribution in [3.63, 3.8) is 0 Å². The number of nitrogens with one attached hydrogen (secondary N) is 2. The summed E-state index contributed by atoms with van der Waals surface area (Å²) in [5, 5.41) is 16.0. The highest BCUT2D eigenvalue weighted by Crippen LogP contribution is 2.18. The number of nitrogens with zero attached hydrogens (tertiary/aromatic N) is 2. The molecule has 34 heavy (non-hydrogen) atoms. The Kier molecular flexibility index (Phi) is 9.50. The summed E-state index contributed by atoms with van der Waals surface area (Å²) in [4.78, 5) is 48.1. The molecule has 0 heterocycles. The molecule has 182 valence electrons. The fourth-order valence-electron chi connectivity index (χ4n) is 3.20. The fourth-order valence-corrected chi connectivity index (χ4v) is 3.20. The largest absolute Gasteiger partial charge is 0.514 e. The predicted octanol–water partition coefficient (Wildman–Crippen LogP) is 2.95. The van der Waals surface area contributed by atoms with Gasteiger partial charge in [-0.1, -0.05) is 26.0 Å². The third kappa shape index (κ3) is 8.17. The van der Waals surface area contributed by atoms with E-state index in [0.717, 1.165) is 0 Å². The van der Waals surface area contributed by atoms with Crippen LogP contribution in [0, 0.1) is 16.0 Å². The van der Waals surface area contributed by atoms with Crippen LogP contribution in [-0.4, -0.2) is 54.5 Å². The number of carbonyl (C=O) groups excluding carboxylic acids is 3. The highest BCUT2D eigenvalue weighted by molar-refractivity contribution is 5.95. The lowest BCUT2D eigenvalue weighted by Crippen LogP contribution is -2.48. The number of hydrogen-bond acceptors (Lipinski definition) is 8. The normalized spacial score (nSPS) is 11.6. The molecule has 11 heteroatoms. The Balaban J connectivity index is 1.77. The number of carbonyl (C=O) groups is 3. The topological polar surface area (TPSA) is 140 Å². The zero-order valence-electron chi connectivity index (χ0n) is 19.4. The van der Waals surface area contributed by atoms with E-state index in [0.29, 0.717) is 11.3 Å². The molecule has 2 aromatic rings. The molecular weight excluding hydrogens is 444 g/mol. The Labute approximate surface area is 197 Å². The second-order valence-electron chi connectivity index (χ2n) is 8.01. The second-order valence-corrected chi connectivity index (χ2v) is 8.01. The number of anilines is 1. The summed E-state index contributed by atoms with van der Waals surface area (Å²) in [7, 11) is 3.62. The maximum absolute atomic E-state index is 12.3. The van der Waals surface area contributed by atoms with Crippen LogP contribution in [-0.2, 0) is 20.9 Å². The lowest BCUT2D eigenvalue weighted by molar-refractivity contribution is -0.384. The van der Waals surface area contributed by atoms with E-state index in [2.05, 4.69) is 10.6 Å². The SMILES string of the molecule is CC(C)[C@@H](C(=O)NCC(=O)Nc1ccc(COC(=O)Oc2ccc([N+](=O)[O-])cc2)cc1)N(C)C. The van der Waals surface area contributed by atoms with Crippen molar-refractivity contribution in [3.05, 3.63) is 64.2 Å². The van der Waals surface area contributed by atoms with Crippen LogP contribution < -0.4 is 15.4 Å². The monoisotopic (exact) mass is 472 g/mol. The molecule has 0 saturated carbocycles. The van der Waals surface area contributed by atoms with Gasteiger partial charge in [0.1, 0.15) is 12.4 Å². The van der Waals surface area contributed by atoms with Crippen molar-refractivity contribution in [1.82, 2.24) is 10.2 Å². The number of nitro benzene ring substituents is 1. The van der Waals surface area contributed by atoms with E-state index in [1.54, 1.807) is 29.2 Å². The predicted molar refractivity (Wildman–Crippen MR) is 124 cm³/mol. The van der Waals surface area contributed by atoms with Crippen LogP contribution in [0.4, 0.5) is 16.2 Å². The first kappa shape index (κ1) is 26.3. The van der Waals surface area contributed by atoms with Crippen LogP contribution in [0.25, 0.3) is 0 Å². The molecule has 0 aliphatic heterocycles. The van der Waals surface area contributed by atoms with Crippen molar-refractivity contribution in [2.75, 3.05) is 26.0 Å². The molecule has 0 radical (unpaired) electrons. The van der Waals surface area contributed by atoms with Gasteiger partial charge in [0, 0.05) is 17.8 Å². The van der Waals surface area contributed by atoms with Gasteiger partial charge < -0.3 is 20.1 Å². The lowest BCUT2D eigenvalue weighted by Gasteiger charge is -2.26. The summed E-state index contributed by atoms with van der Waals surface area (Å²) >= 11 is 0. The molecule has 0 aromatic heterocycles. The maximum Gasteiger partial charge on any atom is 0.514 e. The Morgan fingerprint density at radius 2 is 1.65 bits per heavy atom. The number of likely N-dealkylation sites (N-methyl/N-ethyl adjacent to an activating group) is 1. The third-order valence-corrected chi connectivity index (χ3v) is 4.72. The summed E-state index contributed by atoms with van der Waals surface area (Å²) in [6.45, 7) is 3.64. The van der Waals surface area contributed by atoms with Crippen molar-refractivity contribution in [1.29, 1.82) is 0 Å². The molecule has 0 spiro atoms. The molecular formula is C23H28N4O7. The molecule has 0 aliphatic rings. The molecule has 0 bridgehead atoms. The van der Waals surface area contributed by atoms with Crippen LogP contribution in [0.2, 0.25) is 0 Å². The number of hydrogen-bond donors (Lipinski definition) is 2. The molecule has 0 fully saturated rings. The molecule has 0 aliphatic carbocycles. The summed E-state index contributed by atoms with van der Waals surface area (Å²) in [6.07, 6.45) is -0.959. The first-order chi connectivity index (χ1) is 16.1. The van der Waals surface area contributed by atoms with Gasteiger partial charge in [-0.05, 0) is 49.8 Å². The molecule has 0 unspecified atom stereocenters. The first-order valence-corrected chi connectivity index (χ1v) is 10.5. The van der Waals surface area contributed by atoms with Gasteiger partial charge in [-0.25, -0.2) is 4.79 Å². The molecule has 11 nitrogen and oxygen atoms in total. The number of rotatable bonds is 10. The van der Waals surface area contributed by atoms with Gasteiger partial charge in [-0.2, -0.15) is 0 Å². The standard InChI is InChI=1S/C23H28N4O7/c1-15(2)21(26(3)4)22(29)24-13-20(28)25-17-7-5-16(6-8-17)14-33-23(30)34-19-11-9-18(10-12-19)27(31)32/h5-12,15,21H,13-14H2,1-4H3,(H,24,29)(H,25,28)/t21-/m0/s1. The number of amides is 2. The number of non-ortho nitro benzene ring substituents is 1. The maximum atomic E-state index is 12.3. The Morgan fingerprint density at radius 1 is 1.03 bits per heavy atom. The van der Waals surface area contributed by atoms with E-state index >= 15 is 0 Å². The van der Waals surface area contributed by atoms with Gasteiger partial charge in [0.2, 0.25) is 11.8 Å². The number of benzene rings is 2. The van der Waals surface area contributed by atoms with Gasteiger partial charge in [0.15, 0.2) is 0 Å². The smallest absolute Gasteiger partial charge is 0.429 e. The minimum atomic E-state index is -0.959. The minimum absolute atomic E-state index is 0.0722. The fraction of sp³-hybridized carbons (Fsp3) is 0.348. The van der Waals surface area contributed by atoms with E-state index in [1.165, 1.54) is 24.3 Å². The van der Waals surface area contributed by atoms with Crippen LogP contribution in [0.1, 0.15) is 19.4 Å². The molecule has 2 N–H and O–H groups in total. The molecule has 0 saturated heterocycles. The Morgan fingerprint density at radius 3 is 2.18 bits per heavy atom. The second kappa shape index (κ2) is 12.3. The van der Waals surface area contributed by atoms with Crippen LogP contribution in [0.5, 0.6) is 5.75 Å².